The van der Waals surface area contributed by atoms with Crippen molar-refractivity contribution in [2.45, 2.75) is 38.3 Å². The summed E-state index contributed by atoms with van der Waals surface area (Å²) in [6, 6.07) is 13.7. The van der Waals surface area contributed by atoms with Gasteiger partial charge in [0.1, 0.15) is 12.1 Å². The van der Waals surface area contributed by atoms with Gasteiger partial charge in [-0.05, 0) is 49.9 Å². The number of nitrogens with one attached hydrogen (secondary N) is 2. The molecule has 0 bridgehead atoms. The molecule has 2 N–H and O–H groups in total. The van der Waals surface area contributed by atoms with Crippen LogP contribution in [0.15, 0.2) is 48.5 Å². The van der Waals surface area contributed by atoms with E-state index in [1.807, 2.05) is 30.3 Å². The van der Waals surface area contributed by atoms with Gasteiger partial charge in [0.05, 0.1) is 6.04 Å². The van der Waals surface area contributed by atoms with Gasteiger partial charge in [0.2, 0.25) is 5.91 Å². The lowest BCUT2D eigenvalue weighted by atomic mass is 9.93. The second-order valence-corrected chi connectivity index (χ2v) is 8.44. The van der Waals surface area contributed by atoms with Crippen LogP contribution in [-0.4, -0.2) is 34.8 Å². The highest BCUT2D eigenvalue weighted by molar-refractivity contribution is 6.35. The van der Waals surface area contributed by atoms with Gasteiger partial charge in [0, 0.05) is 10.0 Å². The first-order valence-corrected chi connectivity index (χ1v) is 10.4. The Labute approximate surface area is 185 Å². The molecule has 1 fully saturated rings. The molecule has 0 aromatic heterocycles. The largest absolute Gasteiger partial charge is 0.348 e. The Hall–Kier alpha value is -2.57. The minimum absolute atomic E-state index is 0.360. The molecule has 1 aliphatic heterocycles. The fourth-order valence-electron chi connectivity index (χ4n) is 3.46. The zero-order valence-electron chi connectivity index (χ0n) is 16.7. The van der Waals surface area contributed by atoms with Crippen LogP contribution in [0.2, 0.25) is 10.0 Å². The Morgan fingerprint density at radius 3 is 2.53 bits per heavy atom. The third kappa shape index (κ3) is 4.94. The minimum Gasteiger partial charge on any atom is -0.348 e. The van der Waals surface area contributed by atoms with Crippen molar-refractivity contribution in [3.63, 3.8) is 0 Å². The first-order chi connectivity index (χ1) is 14.2. The van der Waals surface area contributed by atoms with E-state index in [0.717, 1.165) is 10.5 Å². The third-order valence-electron chi connectivity index (χ3n) is 5.21. The molecule has 158 valence electrons. The van der Waals surface area contributed by atoms with Crippen LogP contribution in [0, 0.1) is 0 Å². The van der Waals surface area contributed by atoms with Crippen LogP contribution in [0.3, 0.4) is 0 Å². The number of imide groups is 1. The monoisotopic (exact) mass is 447 g/mol. The Morgan fingerprint density at radius 2 is 1.87 bits per heavy atom. The fraction of sp³-hybridized carbons (Fsp3) is 0.318. The number of hydrogen-bond acceptors (Lipinski definition) is 3. The number of nitrogens with zero attached hydrogens (tertiary/aromatic N) is 1. The van der Waals surface area contributed by atoms with Crippen LogP contribution in [0.1, 0.15) is 37.4 Å². The van der Waals surface area contributed by atoms with Gasteiger partial charge in [-0.1, -0.05) is 59.6 Å². The van der Waals surface area contributed by atoms with Crippen molar-refractivity contribution in [1.82, 2.24) is 15.5 Å². The van der Waals surface area contributed by atoms with Crippen molar-refractivity contribution in [2.24, 2.45) is 0 Å². The third-order valence-corrected chi connectivity index (χ3v) is 5.77. The number of carbonyl (C=O) groups excluding carboxylic acids is 3. The average Bonchev–Trinajstić information content (AvgIpc) is 2.90. The molecule has 1 heterocycles. The Bertz CT molecular complexity index is 967. The summed E-state index contributed by atoms with van der Waals surface area (Å²) in [7, 11) is 0. The van der Waals surface area contributed by atoms with E-state index in [0.29, 0.717) is 28.5 Å². The summed E-state index contributed by atoms with van der Waals surface area (Å²) in [5.41, 5.74) is 0.725. The van der Waals surface area contributed by atoms with Crippen LogP contribution in [0.5, 0.6) is 0 Å². The maximum Gasteiger partial charge on any atom is 0.325 e. The van der Waals surface area contributed by atoms with Crippen LogP contribution in [0.25, 0.3) is 0 Å². The number of carbonyl (C=O) groups is 3. The van der Waals surface area contributed by atoms with Gasteiger partial charge in [-0.25, -0.2) is 4.79 Å². The molecule has 0 saturated carbocycles. The lowest BCUT2D eigenvalue weighted by Gasteiger charge is -2.22. The number of halogens is 2. The van der Waals surface area contributed by atoms with Gasteiger partial charge in [-0.15, -0.1) is 0 Å². The summed E-state index contributed by atoms with van der Waals surface area (Å²) in [4.78, 5) is 38.7. The van der Waals surface area contributed by atoms with E-state index in [2.05, 4.69) is 10.6 Å². The van der Waals surface area contributed by atoms with Crippen molar-refractivity contribution in [1.29, 1.82) is 0 Å². The summed E-state index contributed by atoms with van der Waals surface area (Å²) in [5, 5.41) is 6.42. The lowest BCUT2D eigenvalue weighted by molar-refractivity contribution is -0.134. The number of aryl methyl sites for hydroxylation is 1. The molecule has 1 aliphatic rings. The highest BCUT2D eigenvalue weighted by atomic mass is 35.5. The molecule has 6 nitrogen and oxygen atoms in total. The first kappa shape index (κ1) is 22.1. The summed E-state index contributed by atoms with van der Waals surface area (Å²) in [5.74, 6) is -0.861. The van der Waals surface area contributed by atoms with Crippen molar-refractivity contribution in [2.75, 3.05) is 6.54 Å². The van der Waals surface area contributed by atoms with Crippen molar-refractivity contribution >= 4 is 41.0 Å². The smallest absolute Gasteiger partial charge is 0.325 e. The molecule has 0 spiro atoms. The maximum atomic E-state index is 12.9. The molecule has 1 saturated heterocycles. The van der Waals surface area contributed by atoms with Crippen LogP contribution in [0.4, 0.5) is 4.79 Å². The average molecular weight is 448 g/mol. The first-order valence-electron chi connectivity index (χ1n) is 9.62. The minimum atomic E-state index is -1.04. The van der Waals surface area contributed by atoms with E-state index < -0.39 is 29.4 Å². The van der Waals surface area contributed by atoms with E-state index >= 15 is 0 Å². The van der Waals surface area contributed by atoms with Crippen LogP contribution in [-0.2, 0) is 16.0 Å². The predicted octanol–water partition coefficient (Wildman–Crippen LogP) is 4.11. The molecule has 0 radical (unpaired) electrons. The highest BCUT2D eigenvalue weighted by Crippen LogP contribution is 2.26. The zero-order valence-corrected chi connectivity index (χ0v) is 18.3. The predicted molar refractivity (Wildman–Crippen MR) is 116 cm³/mol. The quantitative estimate of drug-likeness (QED) is 0.626. The SMILES string of the molecule is C[C@@H](NC(=O)CN1C(=O)N[C@@](C)(CCc2ccccc2)C1=O)c1ccc(Cl)cc1Cl. The summed E-state index contributed by atoms with van der Waals surface area (Å²) < 4.78 is 0. The van der Waals surface area contributed by atoms with Crippen molar-refractivity contribution in [3.05, 3.63) is 69.7 Å². The zero-order chi connectivity index (χ0) is 21.9. The number of amides is 4. The van der Waals surface area contributed by atoms with E-state index in [1.54, 1.807) is 32.0 Å². The fourth-order valence-corrected chi connectivity index (χ4v) is 4.03. The molecule has 2 atom stereocenters. The van der Waals surface area contributed by atoms with E-state index in [9.17, 15) is 14.4 Å². The molecule has 2 aromatic carbocycles. The summed E-state index contributed by atoms with van der Waals surface area (Å²) in [6.45, 7) is 3.09. The van der Waals surface area contributed by atoms with E-state index in [4.69, 9.17) is 23.2 Å². The maximum absolute atomic E-state index is 12.9. The van der Waals surface area contributed by atoms with E-state index in [1.165, 1.54) is 0 Å². The van der Waals surface area contributed by atoms with Gasteiger partial charge in [-0.2, -0.15) is 0 Å². The topological polar surface area (TPSA) is 78.5 Å². The van der Waals surface area contributed by atoms with E-state index in [-0.39, 0.29) is 6.54 Å². The van der Waals surface area contributed by atoms with Gasteiger partial charge in [0.15, 0.2) is 0 Å². The number of hydrogen-bond donors (Lipinski definition) is 2. The molecular weight excluding hydrogens is 425 g/mol. The number of benzene rings is 2. The molecule has 30 heavy (non-hydrogen) atoms. The molecule has 4 amide bonds. The summed E-state index contributed by atoms with van der Waals surface area (Å²) in [6.07, 6.45) is 1.08. The second-order valence-electron chi connectivity index (χ2n) is 7.59. The second kappa shape index (κ2) is 9.06. The molecule has 3 rings (SSSR count). The Morgan fingerprint density at radius 1 is 1.17 bits per heavy atom. The number of urea groups is 1. The van der Waals surface area contributed by atoms with Gasteiger partial charge >= 0.3 is 6.03 Å². The molecular formula is C22H23Cl2N3O3. The van der Waals surface area contributed by atoms with Crippen LogP contribution >= 0.6 is 23.2 Å². The van der Waals surface area contributed by atoms with Gasteiger partial charge in [-0.3, -0.25) is 14.5 Å². The van der Waals surface area contributed by atoms with Gasteiger partial charge in [0.25, 0.3) is 5.91 Å². The van der Waals surface area contributed by atoms with Crippen LogP contribution < -0.4 is 10.6 Å². The molecule has 2 aromatic rings. The number of rotatable bonds is 7. The standard InChI is InChI=1S/C22H23Cl2N3O3/c1-14(17-9-8-16(23)12-18(17)24)25-19(28)13-27-20(29)22(2,26-21(27)30)11-10-15-6-4-3-5-7-15/h3-9,12,14H,10-11,13H2,1-2H3,(H,25,28)(H,26,30)/t14-,22+/m1/s1. The molecule has 0 aliphatic carbocycles. The Kier molecular flexibility index (Phi) is 6.68. The molecule has 8 heteroatoms. The van der Waals surface area contributed by atoms with Crippen molar-refractivity contribution in [3.8, 4) is 0 Å². The summed E-state index contributed by atoms with van der Waals surface area (Å²) >= 11 is 12.1. The molecule has 0 unspecified atom stereocenters. The lowest BCUT2D eigenvalue weighted by Crippen LogP contribution is -2.45. The Balaban J connectivity index is 1.61. The highest BCUT2D eigenvalue weighted by Gasteiger charge is 2.47. The van der Waals surface area contributed by atoms with Gasteiger partial charge < -0.3 is 10.6 Å². The van der Waals surface area contributed by atoms with Crippen molar-refractivity contribution < 1.29 is 14.4 Å². The normalized spacial score (nSPS) is 19.5.